The summed E-state index contributed by atoms with van der Waals surface area (Å²) >= 11 is 0. The molecule has 1 aromatic rings. The van der Waals surface area contributed by atoms with E-state index in [0.717, 1.165) is 30.0 Å². The molecule has 0 saturated carbocycles. The van der Waals surface area contributed by atoms with Crippen LogP contribution in [0.1, 0.15) is 39.3 Å². The van der Waals surface area contributed by atoms with Gasteiger partial charge in [0.1, 0.15) is 10.8 Å². The molecule has 1 aromatic carbocycles. The van der Waals surface area contributed by atoms with Gasteiger partial charge in [0.25, 0.3) is 20.2 Å². The summed E-state index contributed by atoms with van der Waals surface area (Å²) in [6.45, 7) is 10.6. The molecular formula is C28H36N3O9S2+. The Labute approximate surface area is 246 Å². The van der Waals surface area contributed by atoms with E-state index in [1.165, 1.54) is 20.1 Å². The number of quaternary nitrogens is 1. The summed E-state index contributed by atoms with van der Waals surface area (Å²) in [5.41, 5.74) is 5.59. The normalized spacial score (nSPS) is 27.2. The first kappa shape index (κ1) is 33.4. The van der Waals surface area contributed by atoms with Gasteiger partial charge in [-0.1, -0.05) is 55.9 Å². The van der Waals surface area contributed by atoms with E-state index in [9.17, 15) is 35.5 Å². The fourth-order valence-corrected chi connectivity index (χ4v) is 6.57. The maximum atomic E-state index is 12.2. The van der Waals surface area contributed by atoms with Crippen molar-refractivity contribution in [3.05, 3.63) is 72.4 Å². The van der Waals surface area contributed by atoms with Crippen molar-refractivity contribution in [2.24, 2.45) is 22.7 Å². The molecule has 0 aromatic heterocycles. The molecule has 5 atom stereocenters. The van der Waals surface area contributed by atoms with Gasteiger partial charge >= 0.3 is 0 Å². The average Bonchev–Trinajstić information content (AvgIpc) is 3.58. The topological polar surface area (TPSA) is 190 Å². The highest BCUT2D eigenvalue weighted by atomic mass is 32.2. The summed E-state index contributed by atoms with van der Waals surface area (Å²) in [5.74, 6) is -1.33. The van der Waals surface area contributed by atoms with Crippen molar-refractivity contribution in [3.63, 3.8) is 0 Å². The van der Waals surface area contributed by atoms with Crippen LogP contribution in [0.3, 0.4) is 0 Å². The Balaban J connectivity index is 2.05. The second-order valence-corrected chi connectivity index (χ2v) is 13.5. The predicted molar refractivity (Wildman–Crippen MR) is 155 cm³/mol. The zero-order valence-corrected chi connectivity index (χ0v) is 25.6. The number of ether oxygens (including phenoxy) is 1. The molecule has 228 valence electrons. The second kappa shape index (κ2) is 11.9. The first-order valence-corrected chi connectivity index (χ1v) is 15.8. The van der Waals surface area contributed by atoms with Gasteiger partial charge in [-0.25, -0.2) is 0 Å². The summed E-state index contributed by atoms with van der Waals surface area (Å²) in [6, 6.07) is 1.07. The Morgan fingerprint density at radius 1 is 1.17 bits per heavy atom. The Morgan fingerprint density at radius 2 is 1.81 bits per heavy atom. The van der Waals surface area contributed by atoms with E-state index in [-0.39, 0.29) is 34.0 Å². The maximum absolute atomic E-state index is 12.2. The Bertz CT molecular complexity index is 1640. The minimum Gasteiger partial charge on any atom is -0.328 e. The number of benzene rings is 1. The molecule has 0 bridgehead atoms. The molecule has 0 aliphatic carbocycles. The van der Waals surface area contributed by atoms with Crippen molar-refractivity contribution < 1.29 is 44.9 Å². The third-order valence-electron chi connectivity index (χ3n) is 7.76. The predicted octanol–water partition coefficient (Wildman–Crippen LogP) is 2.77. The standard InChI is InChI=1S/C28H35N3O9S2/c1-7-24(33)20(26(29)18(4)32)11-9-8-10-12-22-27(17(2)3)30-31(28(22,5)40-6)16-23(31)21-15-19(41(34,35)36)13-14-25(21)42(37,38)39/h7-15,17,22-23,26H,1,16,29H2,2-6H3,(H-,34,35,36,37,38,39)/p+1/b9-8+,12-10+,20-11+. The van der Waals surface area contributed by atoms with E-state index >= 15 is 0 Å². The van der Waals surface area contributed by atoms with E-state index in [0.29, 0.717) is 0 Å². The number of Topliss-reactive ketones (excluding diaryl/α,β-unsaturated/α-hetero) is 1. The molecule has 3 rings (SSSR count). The lowest BCUT2D eigenvalue weighted by atomic mass is 9.86. The van der Waals surface area contributed by atoms with Crippen LogP contribution >= 0.6 is 0 Å². The molecule has 1 spiro atoms. The van der Waals surface area contributed by atoms with Crippen LogP contribution in [-0.2, 0) is 34.6 Å². The molecule has 14 heteroatoms. The molecule has 42 heavy (non-hydrogen) atoms. The average molecular weight is 623 g/mol. The van der Waals surface area contributed by atoms with Crippen molar-refractivity contribution in [1.29, 1.82) is 0 Å². The molecular weight excluding hydrogens is 586 g/mol. The largest absolute Gasteiger partial charge is 0.328 e. The zero-order valence-electron chi connectivity index (χ0n) is 24.0. The van der Waals surface area contributed by atoms with Crippen molar-refractivity contribution in [2.45, 2.75) is 55.3 Å². The Kier molecular flexibility index (Phi) is 9.44. The first-order chi connectivity index (χ1) is 19.4. The van der Waals surface area contributed by atoms with Crippen molar-refractivity contribution >= 4 is 37.5 Å². The lowest BCUT2D eigenvalue weighted by Gasteiger charge is -2.32. The lowest BCUT2D eigenvalue weighted by Crippen LogP contribution is -2.50. The van der Waals surface area contributed by atoms with Gasteiger partial charge < -0.3 is 10.5 Å². The van der Waals surface area contributed by atoms with Crippen LogP contribution in [0.25, 0.3) is 0 Å². The summed E-state index contributed by atoms with van der Waals surface area (Å²) in [4.78, 5) is 22.9. The van der Waals surface area contributed by atoms with Crippen molar-refractivity contribution in [3.8, 4) is 0 Å². The van der Waals surface area contributed by atoms with Gasteiger partial charge in [-0.05, 0) is 37.1 Å². The number of rotatable bonds is 12. The fourth-order valence-electron chi connectivity index (χ4n) is 5.32. The highest BCUT2D eigenvalue weighted by molar-refractivity contribution is 7.86. The van der Waals surface area contributed by atoms with Crippen molar-refractivity contribution in [2.75, 3.05) is 13.7 Å². The number of nitrogens with zero attached hydrogens (tertiary/aromatic N) is 2. The van der Waals surface area contributed by atoms with Crippen LogP contribution in [-0.4, -0.2) is 73.2 Å². The summed E-state index contributed by atoms with van der Waals surface area (Å²) in [6.07, 6.45) is 9.28. The maximum Gasteiger partial charge on any atom is 0.295 e. The molecule has 4 N–H and O–H groups in total. The van der Waals surface area contributed by atoms with Gasteiger partial charge in [-0.3, -0.25) is 18.7 Å². The van der Waals surface area contributed by atoms with Crippen LogP contribution < -0.4 is 5.73 Å². The number of hydrogen-bond acceptors (Lipinski definition) is 9. The van der Waals surface area contributed by atoms with Crippen LogP contribution in [0, 0.1) is 11.8 Å². The number of allylic oxidation sites excluding steroid dienone is 5. The van der Waals surface area contributed by atoms with Gasteiger partial charge in [-0.15, -0.1) is 0 Å². The minimum absolute atomic E-state index is 0.0151. The van der Waals surface area contributed by atoms with Crippen LogP contribution in [0.4, 0.5) is 0 Å². The molecule has 12 nitrogen and oxygen atoms in total. The summed E-state index contributed by atoms with van der Waals surface area (Å²) in [5, 5.41) is 4.96. The molecule has 1 fully saturated rings. The number of nitrogens with two attached hydrogens (primary N) is 1. The first-order valence-electron chi connectivity index (χ1n) is 13.0. The van der Waals surface area contributed by atoms with E-state index in [1.807, 2.05) is 19.9 Å². The monoisotopic (exact) mass is 622 g/mol. The van der Waals surface area contributed by atoms with E-state index in [2.05, 4.69) is 6.58 Å². The number of hydrogen-bond donors (Lipinski definition) is 3. The molecule has 1 saturated heterocycles. The quantitative estimate of drug-likeness (QED) is 0.103. The van der Waals surface area contributed by atoms with Crippen LogP contribution in [0.2, 0.25) is 0 Å². The van der Waals surface area contributed by atoms with Crippen LogP contribution in [0.15, 0.2) is 81.7 Å². The Hall–Kier alpha value is -3.11. The third kappa shape index (κ3) is 6.15. The van der Waals surface area contributed by atoms with Gasteiger partial charge in [0.2, 0.25) is 5.72 Å². The minimum atomic E-state index is -4.75. The van der Waals surface area contributed by atoms with Gasteiger partial charge in [0, 0.05) is 25.2 Å². The highest BCUT2D eigenvalue weighted by Gasteiger charge is 2.75. The number of ketones is 2. The second-order valence-electron chi connectivity index (χ2n) is 10.6. The highest BCUT2D eigenvalue weighted by Crippen LogP contribution is 2.60. The third-order valence-corrected chi connectivity index (χ3v) is 9.53. The van der Waals surface area contributed by atoms with E-state index in [4.69, 9.17) is 15.6 Å². The Morgan fingerprint density at radius 3 is 2.31 bits per heavy atom. The fraction of sp³-hybridized carbons (Fsp3) is 0.393. The number of carbonyl (C=O) groups excluding carboxylic acids is 2. The molecule has 0 amide bonds. The molecule has 2 heterocycles. The number of carbonyl (C=O) groups is 2. The van der Waals surface area contributed by atoms with Gasteiger partial charge in [-0.2, -0.15) is 21.4 Å². The lowest BCUT2D eigenvalue weighted by molar-refractivity contribution is -0.902. The molecule has 5 unspecified atom stereocenters. The zero-order chi connectivity index (χ0) is 31.8. The summed E-state index contributed by atoms with van der Waals surface area (Å²) in [7, 11) is -7.92. The van der Waals surface area contributed by atoms with Gasteiger partial charge in [0.15, 0.2) is 24.2 Å². The SMILES string of the molecule is C=CC(=O)\C(=C/C=C/C=C/C1C(C(C)C)=N[N+]2(CC2c2cc(S(=O)(=O)O)ccc2S(=O)(=O)O)C1(C)OC)C(N)C(C)=O. The summed E-state index contributed by atoms with van der Waals surface area (Å²) < 4.78 is 73.4. The van der Waals surface area contributed by atoms with Gasteiger partial charge in [0.05, 0.1) is 16.6 Å². The number of methoxy groups -OCH3 is 1. The molecule has 0 radical (unpaired) electrons. The molecule has 2 aliphatic rings. The van der Waals surface area contributed by atoms with E-state index < -0.39 is 59.5 Å². The van der Waals surface area contributed by atoms with Crippen LogP contribution in [0.5, 0.6) is 0 Å². The smallest absolute Gasteiger partial charge is 0.295 e. The van der Waals surface area contributed by atoms with E-state index in [1.54, 1.807) is 25.2 Å². The molecule has 2 aliphatic heterocycles. The van der Waals surface area contributed by atoms with Crippen molar-refractivity contribution in [1.82, 2.24) is 0 Å².